The van der Waals surface area contributed by atoms with E-state index in [9.17, 15) is 18.0 Å². The van der Waals surface area contributed by atoms with Crippen LogP contribution in [0.25, 0.3) is 0 Å². The molecule has 1 N–H and O–H groups in total. The van der Waals surface area contributed by atoms with Crippen molar-refractivity contribution in [2.75, 3.05) is 10.8 Å². The van der Waals surface area contributed by atoms with Crippen molar-refractivity contribution in [1.29, 1.82) is 0 Å². The number of carbonyl (C=O) groups excluding carboxylic acids is 2. The van der Waals surface area contributed by atoms with Crippen molar-refractivity contribution in [2.24, 2.45) is 0 Å². The van der Waals surface area contributed by atoms with Gasteiger partial charge in [-0.25, -0.2) is 8.42 Å². The topological polar surface area (TPSA) is 86.8 Å². The Labute approximate surface area is 247 Å². The van der Waals surface area contributed by atoms with Gasteiger partial charge in [0.1, 0.15) is 12.6 Å². The maximum Gasteiger partial charge on any atom is 0.264 e. The first-order valence-corrected chi connectivity index (χ1v) is 15.2. The molecule has 3 aromatic rings. The van der Waals surface area contributed by atoms with Gasteiger partial charge in [-0.1, -0.05) is 83.7 Å². The minimum absolute atomic E-state index is 0.000416. The van der Waals surface area contributed by atoms with Gasteiger partial charge in [-0.15, -0.1) is 0 Å². The van der Waals surface area contributed by atoms with Gasteiger partial charge in [0.05, 0.1) is 20.6 Å². The number of halogens is 2. The third-order valence-electron chi connectivity index (χ3n) is 6.69. The number of benzene rings is 3. The summed E-state index contributed by atoms with van der Waals surface area (Å²) in [5.74, 6) is -0.899. The highest BCUT2D eigenvalue weighted by atomic mass is 35.5. The highest BCUT2D eigenvalue weighted by Gasteiger charge is 2.34. The molecule has 0 aliphatic carbocycles. The summed E-state index contributed by atoms with van der Waals surface area (Å²) in [4.78, 5) is 28.5. The predicted molar refractivity (Wildman–Crippen MR) is 161 cm³/mol. The molecule has 2 amide bonds. The molecular weight excluding hydrogens is 569 g/mol. The van der Waals surface area contributed by atoms with Gasteiger partial charge in [-0.05, 0) is 63.9 Å². The Morgan fingerprint density at radius 2 is 1.57 bits per heavy atom. The van der Waals surface area contributed by atoms with Gasteiger partial charge in [0.25, 0.3) is 10.0 Å². The van der Waals surface area contributed by atoms with Crippen LogP contribution in [0.1, 0.15) is 43.9 Å². The van der Waals surface area contributed by atoms with Crippen LogP contribution < -0.4 is 9.62 Å². The monoisotopic (exact) mass is 603 g/mol. The highest BCUT2D eigenvalue weighted by molar-refractivity contribution is 7.92. The van der Waals surface area contributed by atoms with Gasteiger partial charge < -0.3 is 10.2 Å². The third-order valence-corrected chi connectivity index (χ3v) is 9.27. The number of hydrogen-bond donors (Lipinski definition) is 1. The van der Waals surface area contributed by atoms with E-state index >= 15 is 0 Å². The standard InChI is InChI=1S/C30H35Cl2N3O4S/c1-6-22(4)33-30(37)23(5)34(18-24-10-7-9-21(3)17-24)28(36)19-35(27-12-8-11-26(31)29(27)32)40(38,39)25-15-13-20(2)14-16-25/h7-17,22-23H,6,18-19H2,1-5H3,(H,33,37). The molecule has 0 aromatic heterocycles. The average molecular weight is 605 g/mol. The van der Waals surface area contributed by atoms with E-state index in [1.165, 1.54) is 29.2 Å². The second-order valence-corrected chi connectivity index (χ2v) is 12.5. The summed E-state index contributed by atoms with van der Waals surface area (Å²) in [5.41, 5.74) is 2.75. The predicted octanol–water partition coefficient (Wildman–Crippen LogP) is 6.14. The van der Waals surface area contributed by atoms with Gasteiger partial charge >= 0.3 is 0 Å². The minimum Gasteiger partial charge on any atom is -0.352 e. The Kier molecular flexibility index (Phi) is 10.6. The molecule has 0 aliphatic rings. The van der Waals surface area contributed by atoms with E-state index < -0.39 is 28.5 Å². The van der Waals surface area contributed by atoms with Crippen molar-refractivity contribution < 1.29 is 18.0 Å². The normalized spacial score (nSPS) is 12.9. The lowest BCUT2D eigenvalue weighted by molar-refractivity contribution is -0.139. The van der Waals surface area contributed by atoms with E-state index in [1.54, 1.807) is 25.1 Å². The summed E-state index contributed by atoms with van der Waals surface area (Å²) in [6.07, 6.45) is 0.722. The van der Waals surface area contributed by atoms with Crippen LogP contribution in [0, 0.1) is 13.8 Å². The van der Waals surface area contributed by atoms with Crippen molar-refractivity contribution in [3.8, 4) is 0 Å². The SMILES string of the molecule is CCC(C)NC(=O)C(C)N(Cc1cccc(C)c1)C(=O)CN(c1cccc(Cl)c1Cl)S(=O)(=O)c1ccc(C)cc1. The van der Waals surface area contributed by atoms with Gasteiger partial charge in [0.15, 0.2) is 0 Å². The first-order valence-electron chi connectivity index (χ1n) is 13.0. The fraction of sp³-hybridized carbons (Fsp3) is 0.333. The van der Waals surface area contributed by atoms with Gasteiger partial charge in [0.2, 0.25) is 11.8 Å². The molecule has 10 heteroatoms. The first-order chi connectivity index (χ1) is 18.8. The van der Waals surface area contributed by atoms with Crippen molar-refractivity contribution in [3.63, 3.8) is 0 Å². The molecule has 2 atom stereocenters. The van der Waals surface area contributed by atoms with Gasteiger partial charge in [0, 0.05) is 12.6 Å². The maximum atomic E-state index is 14.0. The molecule has 0 saturated heterocycles. The van der Waals surface area contributed by atoms with E-state index in [2.05, 4.69) is 5.32 Å². The molecule has 0 aliphatic heterocycles. The van der Waals surface area contributed by atoms with Crippen LogP contribution in [0.3, 0.4) is 0 Å². The van der Waals surface area contributed by atoms with Crippen LogP contribution >= 0.6 is 23.2 Å². The largest absolute Gasteiger partial charge is 0.352 e. The molecule has 0 spiro atoms. The van der Waals surface area contributed by atoms with Crippen LogP contribution in [-0.2, 0) is 26.2 Å². The molecule has 7 nitrogen and oxygen atoms in total. The Morgan fingerprint density at radius 1 is 0.925 bits per heavy atom. The second kappa shape index (κ2) is 13.5. The van der Waals surface area contributed by atoms with Crippen molar-refractivity contribution in [3.05, 3.63) is 93.5 Å². The number of anilines is 1. The van der Waals surface area contributed by atoms with Crippen molar-refractivity contribution in [1.82, 2.24) is 10.2 Å². The van der Waals surface area contributed by atoms with E-state index in [-0.39, 0.29) is 39.1 Å². The number of hydrogen-bond acceptors (Lipinski definition) is 4. The zero-order chi connectivity index (χ0) is 29.6. The lowest BCUT2D eigenvalue weighted by Gasteiger charge is -2.32. The summed E-state index contributed by atoms with van der Waals surface area (Å²) >= 11 is 12.7. The number of nitrogens with one attached hydrogen (secondary N) is 1. The van der Waals surface area contributed by atoms with Gasteiger partial charge in [-0.3, -0.25) is 13.9 Å². The zero-order valence-corrected chi connectivity index (χ0v) is 25.6. The number of sulfonamides is 1. The third kappa shape index (κ3) is 7.56. The van der Waals surface area contributed by atoms with Crippen LogP contribution in [0.5, 0.6) is 0 Å². The minimum atomic E-state index is -4.25. The quantitative estimate of drug-likeness (QED) is 0.285. The molecule has 2 unspecified atom stereocenters. The number of rotatable bonds is 11. The Morgan fingerprint density at radius 3 is 2.20 bits per heavy atom. The smallest absolute Gasteiger partial charge is 0.264 e. The lowest BCUT2D eigenvalue weighted by Crippen LogP contribution is -2.52. The van der Waals surface area contributed by atoms with Crippen LogP contribution in [0.4, 0.5) is 5.69 Å². The summed E-state index contributed by atoms with van der Waals surface area (Å²) in [5, 5.41) is 3.07. The summed E-state index contributed by atoms with van der Waals surface area (Å²) in [6.45, 7) is 8.77. The van der Waals surface area contributed by atoms with Crippen molar-refractivity contribution >= 4 is 50.7 Å². The Balaban J connectivity index is 2.07. The van der Waals surface area contributed by atoms with E-state index in [0.29, 0.717) is 0 Å². The summed E-state index contributed by atoms with van der Waals surface area (Å²) in [7, 11) is -4.25. The van der Waals surface area contributed by atoms with Gasteiger partial charge in [-0.2, -0.15) is 0 Å². The summed E-state index contributed by atoms with van der Waals surface area (Å²) in [6, 6.07) is 17.6. The highest BCUT2D eigenvalue weighted by Crippen LogP contribution is 2.35. The zero-order valence-electron chi connectivity index (χ0n) is 23.3. The second-order valence-electron chi connectivity index (χ2n) is 9.90. The van der Waals surface area contributed by atoms with E-state index in [1.807, 2.05) is 52.0 Å². The molecule has 214 valence electrons. The lowest BCUT2D eigenvalue weighted by atomic mass is 10.1. The molecule has 40 heavy (non-hydrogen) atoms. The van der Waals surface area contributed by atoms with Crippen LogP contribution in [0.15, 0.2) is 71.6 Å². The van der Waals surface area contributed by atoms with Crippen LogP contribution in [0.2, 0.25) is 10.0 Å². The molecule has 0 radical (unpaired) electrons. The molecular formula is C30H35Cl2N3O4S. The number of carbonyl (C=O) groups is 2. The Hall–Kier alpha value is -3.07. The molecule has 0 saturated carbocycles. The average Bonchev–Trinajstić information content (AvgIpc) is 2.91. The Bertz CT molecular complexity index is 1460. The number of aryl methyl sites for hydroxylation is 2. The maximum absolute atomic E-state index is 14.0. The fourth-order valence-corrected chi connectivity index (χ4v) is 5.96. The fourth-order valence-electron chi connectivity index (χ4n) is 4.09. The molecule has 0 bridgehead atoms. The van der Waals surface area contributed by atoms with E-state index in [4.69, 9.17) is 23.2 Å². The first kappa shape index (κ1) is 31.5. The number of amides is 2. The number of nitrogens with zero attached hydrogens (tertiary/aromatic N) is 2. The summed E-state index contributed by atoms with van der Waals surface area (Å²) < 4.78 is 28.8. The van der Waals surface area contributed by atoms with Crippen LogP contribution in [-0.4, -0.2) is 43.8 Å². The van der Waals surface area contributed by atoms with Crippen molar-refractivity contribution in [2.45, 2.75) is 64.6 Å². The molecule has 0 fully saturated rings. The van der Waals surface area contributed by atoms with E-state index in [0.717, 1.165) is 27.4 Å². The molecule has 3 aromatic carbocycles. The molecule has 0 heterocycles. The molecule has 3 rings (SSSR count).